The SMILES string of the molecule is CCc1nc2ccccc2n1[C@H](CC)C(=O)N(C)CCc1noc(C2CC2)n1. The summed E-state index contributed by atoms with van der Waals surface area (Å²) in [4.78, 5) is 24.2. The smallest absolute Gasteiger partial charge is 0.245 e. The Hall–Kier alpha value is -2.70. The first-order chi connectivity index (χ1) is 13.6. The molecule has 2 heterocycles. The average molecular weight is 381 g/mol. The molecule has 0 radical (unpaired) electrons. The van der Waals surface area contributed by atoms with E-state index in [1.54, 1.807) is 4.90 Å². The number of imidazole rings is 1. The zero-order valence-corrected chi connectivity index (χ0v) is 16.8. The number of benzene rings is 1. The molecule has 7 nitrogen and oxygen atoms in total. The number of para-hydroxylation sites is 2. The van der Waals surface area contributed by atoms with Crippen LogP contribution in [-0.4, -0.2) is 44.1 Å². The third kappa shape index (κ3) is 3.53. The van der Waals surface area contributed by atoms with Gasteiger partial charge in [0.1, 0.15) is 11.9 Å². The highest BCUT2D eigenvalue weighted by molar-refractivity contribution is 5.84. The summed E-state index contributed by atoms with van der Waals surface area (Å²) in [7, 11) is 1.84. The molecule has 1 fully saturated rings. The highest BCUT2D eigenvalue weighted by Crippen LogP contribution is 2.38. The molecule has 0 spiro atoms. The average Bonchev–Trinajstić information content (AvgIpc) is 3.35. The minimum absolute atomic E-state index is 0.0891. The van der Waals surface area contributed by atoms with E-state index in [-0.39, 0.29) is 11.9 Å². The Morgan fingerprint density at radius 3 is 2.79 bits per heavy atom. The summed E-state index contributed by atoms with van der Waals surface area (Å²) >= 11 is 0. The summed E-state index contributed by atoms with van der Waals surface area (Å²) in [6, 6.07) is 7.75. The van der Waals surface area contributed by atoms with Gasteiger partial charge in [-0.15, -0.1) is 0 Å². The van der Waals surface area contributed by atoms with Gasteiger partial charge in [0.2, 0.25) is 11.8 Å². The topological polar surface area (TPSA) is 77.0 Å². The van der Waals surface area contributed by atoms with Crippen molar-refractivity contribution in [2.24, 2.45) is 0 Å². The molecule has 1 aliphatic carbocycles. The Morgan fingerprint density at radius 1 is 1.29 bits per heavy atom. The van der Waals surface area contributed by atoms with Crippen molar-refractivity contribution in [2.45, 2.75) is 57.9 Å². The van der Waals surface area contributed by atoms with E-state index in [2.05, 4.69) is 21.6 Å². The lowest BCUT2D eigenvalue weighted by Crippen LogP contribution is -2.36. The number of carbonyl (C=O) groups excluding carboxylic acids is 1. The monoisotopic (exact) mass is 381 g/mol. The number of likely N-dealkylation sites (N-methyl/N-ethyl adjacent to an activating group) is 1. The molecule has 1 atom stereocenters. The maximum atomic E-state index is 13.2. The minimum atomic E-state index is -0.264. The zero-order chi connectivity index (χ0) is 19.7. The predicted octanol–water partition coefficient (Wildman–Crippen LogP) is 3.51. The minimum Gasteiger partial charge on any atom is -0.344 e. The maximum Gasteiger partial charge on any atom is 0.245 e. The molecule has 0 bridgehead atoms. The number of hydrogen-bond acceptors (Lipinski definition) is 5. The van der Waals surface area contributed by atoms with Crippen LogP contribution in [0, 0.1) is 0 Å². The van der Waals surface area contributed by atoms with E-state index >= 15 is 0 Å². The number of fused-ring (bicyclic) bond motifs is 1. The van der Waals surface area contributed by atoms with E-state index < -0.39 is 0 Å². The van der Waals surface area contributed by atoms with Crippen LogP contribution in [0.15, 0.2) is 28.8 Å². The molecule has 3 aromatic rings. The summed E-state index contributed by atoms with van der Waals surface area (Å²) in [5.41, 5.74) is 1.95. The molecule has 1 aromatic carbocycles. The van der Waals surface area contributed by atoms with Crippen molar-refractivity contribution < 1.29 is 9.32 Å². The molecular weight excluding hydrogens is 354 g/mol. The van der Waals surface area contributed by atoms with Crippen LogP contribution < -0.4 is 0 Å². The van der Waals surface area contributed by atoms with Crippen molar-refractivity contribution in [1.82, 2.24) is 24.6 Å². The van der Waals surface area contributed by atoms with Crippen LogP contribution in [0.25, 0.3) is 11.0 Å². The summed E-state index contributed by atoms with van der Waals surface area (Å²) in [5, 5.41) is 4.05. The standard InChI is InChI=1S/C21H27N5O2/c1-4-16(26-17-9-7-6-8-15(17)22-19(26)5-2)21(27)25(3)13-12-18-23-20(28-24-18)14-10-11-14/h6-9,14,16H,4-5,10-13H2,1-3H3/t16-/m1/s1. The maximum absolute atomic E-state index is 13.2. The number of aryl methyl sites for hydroxylation is 1. The Kier molecular flexibility index (Phi) is 5.15. The number of hydrogen-bond donors (Lipinski definition) is 0. The van der Waals surface area contributed by atoms with Crippen molar-refractivity contribution in [1.29, 1.82) is 0 Å². The van der Waals surface area contributed by atoms with E-state index in [1.165, 1.54) is 0 Å². The molecule has 0 N–H and O–H groups in total. The van der Waals surface area contributed by atoms with Crippen LogP contribution in [0.3, 0.4) is 0 Å². The highest BCUT2D eigenvalue weighted by Gasteiger charge is 2.30. The fraction of sp³-hybridized carbons (Fsp3) is 0.524. The summed E-state index contributed by atoms with van der Waals surface area (Å²) in [6.07, 6.45) is 4.37. The zero-order valence-electron chi connectivity index (χ0n) is 16.8. The second-order valence-corrected chi connectivity index (χ2v) is 7.50. The molecular formula is C21H27N5O2. The number of rotatable bonds is 8. The Morgan fingerprint density at radius 2 is 2.07 bits per heavy atom. The van der Waals surface area contributed by atoms with Gasteiger partial charge in [-0.25, -0.2) is 4.98 Å². The molecule has 1 saturated carbocycles. The van der Waals surface area contributed by atoms with Gasteiger partial charge in [0.15, 0.2) is 5.82 Å². The molecule has 0 saturated heterocycles. The van der Waals surface area contributed by atoms with Gasteiger partial charge in [-0.1, -0.05) is 31.1 Å². The number of amides is 1. The lowest BCUT2D eigenvalue weighted by Gasteiger charge is -2.25. The van der Waals surface area contributed by atoms with Gasteiger partial charge >= 0.3 is 0 Å². The van der Waals surface area contributed by atoms with Crippen LogP contribution in [-0.2, 0) is 17.6 Å². The second kappa shape index (κ2) is 7.73. The van der Waals surface area contributed by atoms with Crippen molar-refractivity contribution in [3.05, 3.63) is 41.8 Å². The van der Waals surface area contributed by atoms with Crippen LogP contribution in [0.5, 0.6) is 0 Å². The van der Waals surface area contributed by atoms with E-state index in [0.29, 0.717) is 31.1 Å². The fourth-order valence-corrected chi connectivity index (χ4v) is 3.66. The summed E-state index contributed by atoms with van der Waals surface area (Å²) in [5.74, 6) is 2.91. The van der Waals surface area contributed by atoms with E-state index in [0.717, 1.165) is 42.0 Å². The van der Waals surface area contributed by atoms with E-state index in [1.807, 2.05) is 38.2 Å². The Bertz CT molecular complexity index is 972. The van der Waals surface area contributed by atoms with Crippen molar-refractivity contribution in [3.63, 3.8) is 0 Å². The first-order valence-corrected chi connectivity index (χ1v) is 10.2. The Balaban J connectivity index is 1.50. The molecule has 148 valence electrons. The van der Waals surface area contributed by atoms with E-state index in [9.17, 15) is 4.79 Å². The van der Waals surface area contributed by atoms with Gasteiger partial charge in [0, 0.05) is 32.4 Å². The normalized spacial score (nSPS) is 15.1. The molecule has 0 unspecified atom stereocenters. The second-order valence-electron chi connectivity index (χ2n) is 7.50. The summed E-state index contributed by atoms with van der Waals surface area (Å²) in [6.45, 7) is 4.69. The molecule has 28 heavy (non-hydrogen) atoms. The van der Waals surface area contributed by atoms with E-state index in [4.69, 9.17) is 9.51 Å². The lowest BCUT2D eigenvalue weighted by molar-refractivity contribution is -0.133. The largest absolute Gasteiger partial charge is 0.344 e. The quantitative estimate of drug-likeness (QED) is 0.597. The van der Waals surface area contributed by atoms with Crippen molar-refractivity contribution >= 4 is 16.9 Å². The number of aromatic nitrogens is 4. The summed E-state index contributed by atoms with van der Waals surface area (Å²) < 4.78 is 7.42. The number of carbonyl (C=O) groups is 1. The van der Waals surface area contributed by atoms with Gasteiger partial charge < -0.3 is 14.0 Å². The number of nitrogens with zero attached hydrogens (tertiary/aromatic N) is 5. The molecule has 0 aliphatic heterocycles. The first-order valence-electron chi connectivity index (χ1n) is 10.2. The third-order valence-corrected chi connectivity index (χ3v) is 5.43. The first kappa shape index (κ1) is 18.7. The molecule has 4 rings (SSSR count). The third-order valence-electron chi connectivity index (χ3n) is 5.43. The van der Waals surface area contributed by atoms with Crippen LogP contribution >= 0.6 is 0 Å². The van der Waals surface area contributed by atoms with Gasteiger partial charge in [-0.05, 0) is 31.4 Å². The Labute approximate surface area is 164 Å². The lowest BCUT2D eigenvalue weighted by atomic mass is 10.1. The van der Waals surface area contributed by atoms with Crippen molar-refractivity contribution in [2.75, 3.05) is 13.6 Å². The van der Waals surface area contributed by atoms with Gasteiger partial charge in [-0.3, -0.25) is 4.79 Å². The van der Waals surface area contributed by atoms with Crippen LogP contribution in [0.4, 0.5) is 0 Å². The molecule has 2 aromatic heterocycles. The highest BCUT2D eigenvalue weighted by atomic mass is 16.5. The fourth-order valence-electron chi connectivity index (χ4n) is 3.66. The van der Waals surface area contributed by atoms with Gasteiger partial charge in [0.25, 0.3) is 0 Å². The predicted molar refractivity (Wildman–Crippen MR) is 106 cm³/mol. The molecule has 1 amide bonds. The molecule has 7 heteroatoms. The van der Waals surface area contributed by atoms with Crippen LogP contribution in [0.2, 0.25) is 0 Å². The van der Waals surface area contributed by atoms with Gasteiger partial charge in [0.05, 0.1) is 11.0 Å². The van der Waals surface area contributed by atoms with Crippen LogP contribution in [0.1, 0.15) is 62.6 Å². The molecule has 1 aliphatic rings. The van der Waals surface area contributed by atoms with Crippen molar-refractivity contribution in [3.8, 4) is 0 Å². The van der Waals surface area contributed by atoms with Gasteiger partial charge in [-0.2, -0.15) is 4.98 Å².